The predicted octanol–water partition coefficient (Wildman–Crippen LogP) is 9.61. The van der Waals surface area contributed by atoms with Crippen LogP contribution < -0.4 is 5.32 Å². The summed E-state index contributed by atoms with van der Waals surface area (Å²) in [6, 6.07) is 0. The summed E-state index contributed by atoms with van der Waals surface area (Å²) >= 11 is 0. The van der Waals surface area contributed by atoms with E-state index in [0.29, 0.717) is 12.8 Å². The number of carboxylic acids is 1. The molecular weight excluding hydrogens is 514 g/mol. The molecule has 0 saturated carbocycles. The maximum absolute atomic E-state index is 12.5. The molecule has 0 aromatic heterocycles. The van der Waals surface area contributed by atoms with Crippen LogP contribution in [-0.4, -0.2) is 35.6 Å². The lowest BCUT2D eigenvalue weighted by Gasteiger charge is -2.15. The van der Waals surface area contributed by atoms with Crippen LogP contribution in [0.25, 0.3) is 0 Å². The summed E-state index contributed by atoms with van der Waals surface area (Å²) in [6.45, 7) is 4.14. The number of carbonyl (C=O) groups is 3. The molecule has 41 heavy (non-hydrogen) atoms. The average Bonchev–Trinajstić information content (AvgIpc) is 2.95. The van der Waals surface area contributed by atoms with Gasteiger partial charge in [0.25, 0.3) is 0 Å². The Labute approximate surface area is 252 Å². The van der Waals surface area contributed by atoms with Crippen molar-refractivity contribution in [3.63, 3.8) is 0 Å². The molecule has 0 heterocycles. The summed E-state index contributed by atoms with van der Waals surface area (Å²) in [5.74, 6) is -1.34. The topological polar surface area (TPSA) is 92.7 Å². The van der Waals surface area contributed by atoms with Crippen LogP contribution in [0.4, 0.5) is 0 Å². The van der Waals surface area contributed by atoms with Gasteiger partial charge in [0, 0.05) is 12.8 Å². The fourth-order valence-electron chi connectivity index (χ4n) is 4.77. The molecule has 0 aromatic rings. The third-order valence-electron chi connectivity index (χ3n) is 7.33. The van der Waals surface area contributed by atoms with E-state index in [4.69, 9.17) is 9.84 Å². The Morgan fingerprint density at radius 3 is 1.73 bits per heavy atom. The number of ether oxygens (including phenoxy) is 1. The van der Waals surface area contributed by atoms with E-state index in [1.165, 1.54) is 89.9 Å². The highest BCUT2D eigenvalue weighted by molar-refractivity contribution is 5.80. The number of carbonyl (C=O) groups excluding carboxylic acids is 2. The predicted molar refractivity (Wildman–Crippen MR) is 171 cm³/mol. The first kappa shape index (κ1) is 38.9. The molecule has 0 spiro atoms. The number of carboxylic acid groups (broad SMARTS) is 1. The minimum absolute atomic E-state index is 0.0948. The Morgan fingerprint density at radius 1 is 0.634 bits per heavy atom. The van der Waals surface area contributed by atoms with Gasteiger partial charge in [0.05, 0.1) is 0 Å². The van der Waals surface area contributed by atoms with E-state index >= 15 is 0 Å². The second-order valence-electron chi connectivity index (χ2n) is 11.4. The SMILES string of the molecule is CCCCCC/C=C\C(CCCCCCC(=O)NCC(=O)O)OC(=O)CCCCCCC/C=C\CCCCCCC. The Balaban J connectivity index is 4.10. The summed E-state index contributed by atoms with van der Waals surface area (Å²) in [5, 5.41) is 11.0. The molecule has 6 heteroatoms. The maximum Gasteiger partial charge on any atom is 0.322 e. The highest BCUT2D eigenvalue weighted by Gasteiger charge is 2.12. The molecule has 1 unspecified atom stereocenters. The fraction of sp³-hybridized carbons (Fsp3) is 0.800. The minimum Gasteiger partial charge on any atom is -0.480 e. The van der Waals surface area contributed by atoms with Crippen LogP contribution in [0.1, 0.15) is 168 Å². The van der Waals surface area contributed by atoms with E-state index in [1.54, 1.807) is 0 Å². The highest BCUT2D eigenvalue weighted by atomic mass is 16.5. The zero-order valence-electron chi connectivity index (χ0n) is 26.6. The summed E-state index contributed by atoms with van der Waals surface area (Å²) in [6.07, 6.45) is 34.5. The van der Waals surface area contributed by atoms with Crippen LogP contribution in [-0.2, 0) is 19.1 Å². The van der Waals surface area contributed by atoms with Crippen molar-refractivity contribution in [2.24, 2.45) is 0 Å². The number of amides is 1. The highest BCUT2D eigenvalue weighted by Crippen LogP contribution is 2.15. The number of allylic oxidation sites excluding steroid dienone is 3. The van der Waals surface area contributed by atoms with Crippen LogP contribution in [0.5, 0.6) is 0 Å². The number of hydrogen-bond donors (Lipinski definition) is 2. The normalized spacial score (nSPS) is 12.2. The Hall–Kier alpha value is -2.11. The fourth-order valence-corrected chi connectivity index (χ4v) is 4.77. The number of esters is 1. The van der Waals surface area contributed by atoms with Gasteiger partial charge < -0.3 is 15.2 Å². The lowest BCUT2D eigenvalue weighted by Crippen LogP contribution is -2.28. The number of aliphatic carboxylic acids is 1. The Kier molecular flexibility index (Phi) is 29.3. The van der Waals surface area contributed by atoms with Crippen LogP contribution in [0.15, 0.2) is 24.3 Å². The van der Waals surface area contributed by atoms with E-state index in [9.17, 15) is 14.4 Å². The molecule has 0 bridgehead atoms. The van der Waals surface area contributed by atoms with Crippen molar-refractivity contribution in [1.82, 2.24) is 5.32 Å². The summed E-state index contributed by atoms with van der Waals surface area (Å²) in [7, 11) is 0. The van der Waals surface area contributed by atoms with Gasteiger partial charge in [-0.25, -0.2) is 0 Å². The van der Waals surface area contributed by atoms with Crippen LogP contribution in [0.2, 0.25) is 0 Å². The lowest BCUT2D eigenvalue weighted by atomic mass is 10.1. The van der Waals surface area contributed by atoms with Crippen molar-refractivity contribution in [2.45, 2.75) is 174 Å². The van der Waals surface area contributed by atoms with Gasteiger partial charge in [-0.2, -0.15) is 0 Å². The first-order chi connectivity index (χ1) is 20.0. The summed E-state index contributed by atoms with van der Waals surface area (Å²) in [4.78, 5) is 34.7. The molecule has 0 aliphatic heterocycles. The van der Waals surface area contributed by atoms with Gasteiger partial charge in [-0.1, -0.05) is 109 Å². The molecule has 0 fully saturated rings. The zero-order valence-corrected chi connectivity index (χ0v) is 26.6. The largest absolute Gasteiger partial charge is 0.480 e. The van der Waals surface area contributed by atoms with Gasteiger partial charge in [0.2, 0.25) is 5.91 Å². The van der Waals surface area contributed by atoms with E-state index in [0.717, 1.165) is 51.4 Å². The number of rotatable bonds is 30. The molecule has 0 rings (SSSR count). The zero-order chi connectivity index (χ0) is 30.2. The molecule has 0 radical (unpaired) electrons. The molecule has 1 atom stereocenters. The average molecular weight is 578 g/mol. The molecular formula is C35H63NO5. The monoisotopic (exact) mass is 577 g/mol. The lowest BCUT2D eigenvalue weighted by molar-refractivity contribution is -0.147. The van der Waals surface area contributed by atoms with E-state index in [-0.39, 0.29) is 24.5 Å². The second-order valence-corrected chi connectivity index (χ2v) is 11.4. The van der Waals surface area contributed by atoms with Crippen LogP contribution in [0, 0.1) is 0 Å². The smallest absolute Gasteiger partial charge is 0.322 e. The quantitative estimate of drug-likeness (QED) is 0.0504. The Bertz CT molecular complexity index is 688. The molecule has 6 nitrogen and oxygen atoms in total. The maximum atomic E-state index is 12.5. The number of nitrogens with one attached hydrogen (secondary N) is 1. The summed E-state index contributed by atoms with van der Waals surface area (Å²) < 4.78 is 5.84. The first-order valence-corrected chi connectivity index (χ1v) is 17.0. The van der Waals surface area contributed by atoms with Gasteiger partial charge in [0.15, 0.2) is 0 Å². The van der Waals surface area contributed by atoms with Crippen molar-refractivity contribution in [3.8, 4) is 0 Å². The third kappa shape index (κ3) is 30.7. The van der Waals surface area contributed by atoms with Crippen LogP contribution >= 0.6 is 0 Å². The van der Waals surface area contributed by atoms with Gasteiger partial charge in [-0.05, 0) is 70.3 Å². The molecule has 1 amide bonds. The molecule has 0 saturated heterocycles. The van der Waals surface area contributed by atoms with Gasteiger partial charge >= 0.3 is 11.9 Å². The van der Waals surface area contributed by atoms with Gasteiger partial charge in [-0.15, -0.1) is 0 Å². The standard InChI is InChI=1S/C35H63NO5/c1-3-5-7-9-11-12-13-14-15-16-17-18-20-26-30-35(40)41-32(27-23-19-10-8-6-4-2)28-24-21-22-25-29-33(37)36-31-34(38)39/h13-14,23,27,32H,3-12,15-22,24-26,28-31H2,1-2H3,(H,36,37)(H,38,39)/b14-13-,27-23-. The molecule has 0 aromatic carbocycles. The first-order valence-electron chi connectivity index (χ1n) is 17.0. The van der Waals surface area contributed by atoms with Crippen molar-refractivity contribution < 1.29 is 24.2 Å². The number of unbranched alkanes of at least 4 members (excludes halogenated alkanes) is 17. The summed E-state index contributed by atoms with van der Waals surface area (Å²) in [5.41, 5.74) is 0. The molecule has 2 N–H and O–H groups in total. The minimum atomic E-state index is -1.03. The Morgan fingerprint density at radius 2 is 1.12 bits per heavy atom. The van der Waals surface area contributed by atoms with E-state index in [2.05, 4.69) is 43.5 Å². The van der Waals surface area contributed by atoms with E-state index < -0.39 is 5.97 Å². The second kappa shape index (κ2) is 30.8. The molecule has 0 aliphatic carbocycles. The van der Waals surface area contributed by atoms with Crippen molar-refractivity contribution in [2.75, 3.05) is 6.54 Å². The van der Waals surface area contributed by atoms with Crippen molar-refractivity contribution in [1.29, 1.82) is 0 Å². The van der Waals surface area contributed by atoms with Crippen molar-refractivity contribution in [3.05, 3.63) is 24.3 Å². The van der Waals surface area contributed by atoms with E-state index in [1.807, 2.05) is 0 Å². The van der Waals surface area contributed by atoms with Crippen molar-refractivity contribution >= 4 is 17.8 Å². The third-order valence-corrected chi connectivity index (χ3v) is 7.33. The van der Waals surface area contributed by atoms with Gasteiger partial charge in [0.1, 0.15) is 12.6 Å². The molecule has 238 valence electrons. The van der Waals surface area contributed by atoms with Gasteiger partial charge in [-0.3, -0.25) is 14.4 Å². The van der Waals surface area contributed by atoms with Crippen LogP contribution in [0.3, 0.4) is 0 Å². The number of hydrogen-bond acceptors (Lipinski definition) is 4. The molecule has 0 aliphatic rings.